The average Bonchev–Trinajstić information content (AvgIpc) is 2.92. The van der Waals surface area contributed by atoms with Crippen molar-refractivity contribution in [2.75, 3.05) is 25.7 Å². The van der Waals surface area contributed by atoms with Crippen LogP contribution >= 0.6 is 0 Å². The molecule has 4 heteroatoms. The number of hydrogen-bond acceptors (Lipinski definition) is 4. The molecule has 4 nitrogen and oxygen atoms in total. The third-order valence-corrected chi connectivity index (χ3v) is 4.06. The number of benzene rings is 2. The van der Waals surface area contributed by atoms with Gasteiger partial charge in [-0.3, -0.25) is 0 Å². The largest absolute Gasteiger partial charge is 0.497 e. The van der Waals surface area contributed by atoms with Crippen LogP contribution in [0.1, 0.15) is 17.2 Å². The fraction of sp³-hybridized carbons (Fsp3) is 0.294. The van der Waals surface area contributed by atoms with Gasteiger partial charge in [-0.25, -0.2) is 0 Å². The van der Waals surface area contributed by atoms with E-state index in [4.69, 9.17) is 15.2 Å². The van der Waals surface area contributed by atoms with Gasteiger partial charge in [0.2, 0.25) is 0 Å². The average molecular weight is 284 g/mol. The highest BCUT2D eigenvalue weighted by atomic mass is 16.5. The zero-order valence-corrected chi connectivity index (χ0v) is 12.4. The second-order valence-corrected chi connectivity index (χ2v) is 5.14. The molecule has 0 saturated heterocycles. The molecule has 0 spiro atoms. The molecule has 2 N–H and O–H groups in total. The third-order valence-electron chi connectivity index (χ3n) is 4.06. The zero-order chi connectivity index (χ0) is 14.8. The van der Waals surface area contributed by atoms with Crippen molar-refractivity contribution in [3.63, 3.8) is 0 Å². The van der Waals surface area contributed by atoms with E-state index in [1.807, 2.05) is 18.2 Å². The number of nitrogens with zero attached hydrogens (tertiary/aromatic N) is 1. The summed E-state index contributed by atoms with van der Waals surface area (Å²) in [6.45, 7) is 1.44. The molecular weight excluding hydrogens is 264 g/mol. The second kappa shape index (κ2) is 5.66. The number of ether oxygens (including phenoxy) is 2. The molecular formula is C17H20N2O2. The molecule has 1 atom stereocenters. The van der Waals surface area contributed by atoms with Gasteiger partial charge >= 0.3 is 0 Å². The number of fused-ring (bicyclic) bond motifs is 1. The number of anilines is 1. The molecule has 0 amide bonds. The van der Waals surface area contributed by atoms with Gasteiger partial charge in [0.25, 0.3) is 0 Å². The van der Waals surface area contributed by atoms with Crippen molar-refractivity contribution in [1.82, 2.24) is 0 Å². The normalized spacial score (nSPS) is 16.7. The number of rotatable bonds is 4. The monoisotopic (exact) mass is 284 g/mol. The van der Waals surface area contributed by atoms with E-state index >= 15 is 0 Å². The lowest BCUT2D eigenvalue weighted by Crippen LogP contribution is -2.27. The summed E-state index contributed by atoms with van der Waals surface area (Å²) in [6.07, 6.45) is 0. The molecule has 2 aromatic rings. The summed E-state index contributed by atoms with van der Waals surface area (Å²) in [5.74, 6) is 1.74. The number of hydrogen-bond donors (Lipinski definition) is 1. The van der Waals surface area contributed by atoms with E-state index in [1.54, 1.807) is 14.2 Å². The summed E-state index contributed by atoms with van der Waals surface area (Å²) in [7, 11) is 3.37. The van der Waals surface area contributed by atoms with Crippen LogP contribution in [0.3, 0.4) is 0 Å². The molecule has 3 rings (SSSR count). The first kappa shape index (κ1) is 13.8. The van der Waals surface area contributed by atoms with Gasteiger partial charge in [-0.1, -0.05) is 6.07 Å². The fourth-order valence-corrected chi connectivity index (χ4v) is 2.91. The van der Waals surface area contributed by atoms with Crippen molar-refractivity contribution >= 4 is 5.69 Å². The molecule has 0 fully saturated rings. The SMILES string of the molecule is COc1ccc(N2Cc3ccc(OC)cc3C2CN)cc1. The quantitative estimate of drug-likeness (QED) is 0.938. The molecule has 110 valence electrons. The lowest BCUT2D eigenvalue weighted by Gasteiger charge is -2.26. The highest BCUT2D eigenvalue weighted by Crippen LogP contribution is 2.38. The van der Waals surface area contributed by atoms with Crippen molar-refractivity contribution in [1.29, 1.82) is 0 Å². The minimum absolute atomic E-state index is 0.184. The number of methoxy groups -OCH3 is 2. The van der Waals surface area contributed by atoms with Crippen LogP contribution in [0.5, 0.6) is 11.5 Å². The van der Waals surface area contributed by atoms with E-state index in [9.17, 15) is 0 Å². The highest BCUT2D eigenvalue weighted by molar-refractivity contribution is 5.57. The minimum atomic E-state index is 0.184. The third kappa shape index (κ3) is 2.43. The Labute approximate surface area is 125 Å². The smallest absolute Gasteiger partial charge is 0.119 e. The molecule has 0 bridgehead atoms. The van der Waals surface area contributed by atoms with E-state index in [2.05, 4.69) is 29.2 Å². The van der Waals surface area contributed by atoms with Crippen LogP contribution in [0.4, 0.5) is 5.69 Å². The van der Waals surface area contributed by atoms with Crippen LogP contribution in [-0.4, -0.2) is 20.8 Å². The zero-order valence-electron chi connectivity index (χ0n) is 12.4. The van der Waals surface area contributed by atoms with Gasteiger partial charge in [-0.05, 0) is 47.5 Å². The predicted octanol–water partition coefficient (Wildman–Crippen LogP) is 2.72. The minimum Gasteiger partial charge on any atom is -0.497 e. The van der Waals surface area contributed by atoms with Crippen LogP contribution in [-0.2, 0) is 6.54 Å². The Kier molecular flexibility index (Phi) is 3.71. The maximum Gasteiger partial charge on any atom is 0.119 e. The maximum absolute atomic E-state index is 6.02. The van der Waals surface area contributed by atoms with E-state index in [1.165, 1.54) is 11.1 Å². The van der Waals surface area contributed by atoms with Gasteiger partial charge in [0, 0.05) is 18.8 Å². The van der Waals surface area contributed by atoms with E-state index < -0.39 is 0 Å². The first-order valence-corrected chi connectivity index (χ1v) is 7.04. The summed E-state index contributed by atoms with van der Waals surface area (Å²) in [6, 6.07) is 14.5. The molecule has 0 aliphatic carbocycles. The Morgan fingerprint density at radius 1 is 1.05 bits per heavy atom. The molecule has 1 heterocycles. The van der Waals surface area contributed by atoms with Crippen LogP contribution in [0, 0.1) is 0 Å². The summed E-state index contributed by atoms with van der Waals surface area (Å²) < 4.78 is 10.5. The van der Waals surface area contributed by atoms with Crippen molar-refractivity contribution in [3.8, 4) is 11.5 Å². The lowest BCUT2D eigenvalue weighted by molar-refractivity contribution is 0.414. The molecule has 21 heavy (non-hydrogen) atoms. The first-order valence-electron chi connectivity index (χ1n) is 7.04. The Bertz CT molecular complexity index is 625. The van der Waals surface area contributed by atoms with Crippen LogP contribution in [0.15, 0.2) is 42.5 Å². The molecule has 0 radical (unpaired) electrons. The number of nitrogens with two attached hydrogens (primary N) is 1. The van der Waals surface area contributed by atoms with E-state index in [0.717, 1.165) is 23.7 Å². The summed E-state index contributed by atoms with van der Waals surface area (Å²) in [5.41, 5.74) is 9.74. The van der Waals surface area contributed by atoms with Crippen LogP contribution in [0.25, 0.3) is 0 Å². The molecule has 1 aliphatic heterocycles. The second-order valence-electron chi connectivity index (χ2n) is 5.14. The standard InChI is InChI=1S/C17H20N2O2/c1-20-14-7-4-13(5-8-14)19-11-12-3-6-15(21-2)9-16(12)17(19)10-18/h3-9,17H,10-11,18H2,1-2H3. The first-order chi connectivity index (χ1) is 10.3. The molecule has 0 saturated carbocycles. The van der Waals surface area contributed by atoms with Crippen LogP contribution in [0.2, 0.25) is 0 Å². The van der Waals surface area contributed by atoms with Crippen molar-refractivity contribution in [2.24, 2.45) is 5.73 Å². The van der Waals surface area contributed by atoms with E-state index in [-0.39, 0.29) is 6.04 Å². The highest BCUT2D eigenvalue weighted by Gasteiger charge is 2.29. The van der Waals surface area contributed by atoms with Gasteiger partial charge in [0.1, 0.15) is 11.5 Å². The molecule has 0 aromatic heterocycles. The molecule has 1 aliphatic rings. The lowest BCUT2D eigenvalue weighted by atomic mass is 10.0. The van der Waals surface area contributed by atoms with Crippen molar-refractivity contribution < 1.29 is 9.47 Å². The Hall–Kier alpha value is -2.20. The Morgan fingerprint density at radius 3 is 2.33 bits per heavy atom. The van der Waals surface area contributed by atoms with Crippen molar-refractivity contribution in [2.45, 2.75) is 12.6 Å². The predicted molar refractivity (Wildman–Crippen MR) is 84.0 cm³/mol. The Balaban J connectivity index is 1.94. The van der Waals surface area contributed by atoms with Crippen LogP contribution < -0.4 is 20.1 Å². The Morgan fingerprint density at radius 2 is 1.71 bits per heavy atom. The summed E-state index contributed by atoms with van der Waals surface area (Å²) >= 11 is 0. The summed E-state index contributed by atoms with van der Waals surface area (Å²) in [4.78, 5) is 2.32. The topological polar surface area (TPSA) is 47.7 Å². The maximum atomic E-state index is 6.02. The van der Waals surface area contributed by atoms with Gasteiger partial charge in [-0.2, -0.15) is 0 Å². The summed E-state index contributed by atoms with van der Waals surface area (Å²) in [5, 5.41) is 0. The van der Waals surface area contributed by atoms with Gasteiger partial charge in [0.05, 0.1) is 20.3 Å². The fourth-order valence-electron chi connectivity index (χ4n) is 2.91. The van der Waals surface area contributed by atoms with E-state index in [0.29, 0.717) is 6.54 Å². The molecule has 2 aromatic carbocycles. The van der Waals surface area contributed by atoms with Gasteiger partial charge in [-0.15, -0.1) is 0 Å². The van der Waals surface area contributed by atoms with Crippen molar-refractivity contribution in [3.05, 3.63) is 53.6 Å². The van der Waals surface area contributed by atoms with Gasteiger partial charge < -0.3 is 20.1 Å². The molecule has 1 unspecified atom stereocenters. The van der Waals surface area contributed by atoms with Gasteiger partial charge in [0.15, 0.2) is 0 Å².